The summed E-state index contributed by atoms with van der Waals surface area (Å²) in [5, 5.41) is 4.23. The van der Waals surface area contributed by atoms with E-state index in [4.69, 9.17) is 9.47 Å². The molecule has 0 unspecified atom stereocenters. The Morgan fingerprint density at radius 3 is 3.04 bits per heavy atom. The molecule has 23 heavy (non-hydrogen) atoms. The standard InChI is InChI=1S/C17H22N4O2/c1-20-9-14(8-19-20)10-21-12-17(13-21)15(5-7-23-17)11-22-16-4-2-3-6-18-16/h2-4,6,8-9,15H,5,7,10-13H2,1H3/t15-/m0/s1. The van der Waals surface area contributed by atoms with Crippen molar-refractivity contribution in [2.24, 2.45) is 13.0 Å². The highest BCUT2D eigenvalue weighted by molar-refractivity contribution is 5.12. The Labute approximate surface area is 136 Å². The molecule has 0 aliphatic carbocycles. The van der Waals surface area contributed by atoms with Crippen LogP contribution in [-0.4, -0.2) is 51.6 Å². The maximum Gasteiger partial charge on any atom is 0.213 e. The van der Waals surface area contributed by atoms with Crippen molar-refractivity contribution < 1.29 is 9.47 Å². The number of nitrogens with zero attached hydrogens (tertiary/aromatic N) is 4. The Hall–Kier alpha value is -1.92. The summed E-state index contributed by atoms with van der Waals surface area (Å²) in [7, 11) is 1.95. The Balaban J connectivity index is 1.32. The van der Waals surface area contributed by atoms with Gasteiger partial charge in [-0.3, -0.25) is 9.58 Å². The van der Waals surface area contributed by atoms with Crippen molar-refractivity contribution in [1.29, 1.82) is 0 Å². The molecule has 0 bridgehead atoms. The molecular weight excluding hydrogens is 292 g/mol. The van der Waals surface area contributed by atoms with Gasteiger partial charge in [0.25, 0.3) is 0 Å². The minimum absolute atomic E-state index is 0.0308. The Morgan fingerprint density at radius 1 is 1.39 bits per heavy atom. The highest BCUT2D eigenvalue weighted by atomic mass is 16.5. The number of rotatable bonds is 5. The van der Waals surface area contributed by atoms with E-state index in [0.717, 1.165) is 32.7 Å². The lowest BCUT2D eigenvalue weighted by molar-refractivity contribution is -0.140. The molecule has 0 radical (unpaired) electrons. The molecule has 2 aromatic rings. The van der Waals surface area contributed by atoms with Gasteiger partial charge in [-0.25, -0.2) is 4.98 Å². The number of pyridine rings is 1. The molecule has 2 aliphatic rings. The largest absolute Gasteiger partial charge is 0.477 e. The van der Waals surface area contributed by atoms with Crippen LogP contribution in [0.15, 0.2) is 36.8 Å². The first-order valence-corrected chi connectivity index (χ1v) is 8.11. The molecule has 2 aromatic heterocycles. The molecule has 0 amide bonds. The monoisotopic (exact) mass is 314 g/mol. The molecule has 1 atom stereocenters. The van der Waals surface area contributed by atoms with E-state index < -0.39 is 0 Å². The minimum Gasteiger partial charge on any atom is -0.477 e. The summed E-state index contributed by atoms with van der Waals surface area (Å²) in [4.78, 5) is 6.63. The second-order valence-corrected chi connectivity index (χ2v) is 6.55. The van der Waals surface area contributed by atoms with E-state index in [0.29, 0.717) is 18.4 Å². The third-order valence-corrected chi connectivity index (χ3v) is 4.82. The summed E-state index contributed by atoms with van der Waals surface area (Å²) in [6.45, 7) is 4.39. The molecule has 6 nitrogen and oxygen atoms in total. The van der Waals surface area contributed by atoms with Gasteiger partial charge in [0.15, 0.2) is 0 Å². The summed E-state index contributed by atoms with van der Waals surface area (Å²) < 4.78 is 13.8. The number of likely N-dealkylation sites (tertiary alicyclic amines) is 1. The lowest BCUT2D eigenvalue weighted by Crippen LogP contribution is -2.64. The Morgan fingerprint density at radius 2 is 2.30 bits per heavy atom. The van der Waals surface area contributed by atoms with Crippen molar-refractivity contribution in [3.63, 3.8) is 0 Å². The summed E-state index contributed by atoms with van der Waals surface area (Å²) in [5.74, 6) is 1.13. The lowest BCUT2D eigenvalue weighted by atomic mass is 9.81. The topological polar surface area (TPSA) is 52.4 Å². The van der Waals surface area contributed by atoms with Gasteiger partial charge < -0.3 is 9.47 Å². The van der Waals surface area contributed by atoms with Gasteiger partial charge in [0.1, 0.15) is 0 Å². The molecular formula is C17H22N4O2. The third kappa shape index (κ3) is 2.96. The lowest BCUT2D eigenvalue weighted by Gasteiger charge is -2.50. The average Bonchev–Trinajstić information content (AvgIpc) is 3.12. The van der Waals surface area contributed by atoms with E-state index >= 15 is 0 Å². The molecule has 6 heteroatoms. The van der Waals surface area contributed by atoms with Crippen LogP contribution in [0.3, 0.4) is 0 Å². The van der Waals surface area contributed by atoms with Crippen LogP contribution in [-0.2, 0) is 18.3 Å². The first-order chi connectivity index (χ1) is 11.2. The number of ether oxygens (including phenoxy) is 2. The molecule has 122 valence electrons. The zero-order valence-corrected chi connectivity index (χ0v) is 13.4. The number of hydrogen-bond donors (Lipinski definition) is 0. The molecule has 2 saturated heterocycles. The summed E-state index contributed by atoms with van der Waals surface area (Å²) >= 11 is 0. The fourth-order valence-corrected chi connectivity index (χ4v) is 3.62. The van der Waals surface area contributed by atoms with Crippen LogP contribution in [0.4, 0.5) is 0 Å². The van der Waals surface area contributed by atoms with Gasteiger partial charge in [-0.2, -0.15) is 5.10 Å². The fourth-order valence-electron chi connectivity index (χ4n) is 3.62. The second-order valence-electron chi connectivity index (χ2n) is 6.55. The molecule has 2 aliphatic heterocycles. The molecule has 4 heterocycles. The molecule has 4 rings (SSSR count). The van der Waals surface area contributed by atoms with Gasteiger partial charge in [-0.1, -0.05) is 6.07 Å². The normalized spacial score (nSPS) is 23.1. The third-order valence-electron chi connectivity index (χ3n) is 4.82. The minimum atomic E-state index is -0.0308. The van der Waals surface area contributed by atoms with E-state index in [1.165, 1.54) is 5.56 Å². The fraction of sp³-hybridized carbons (Fsp3) is 0.529. The van der Waals surface area contributed by atoms with Crippen molar-refractivity contribution in [3.05, 3.63) is 42.4 Å². The van der Waals surface area contributed by atoms with Crippen molar-refractivity contribution in [1.82, 2.24) is 19.7 Å². The van der Waals surface area contributed by atoms with Gasteiger partial charge in [-0.05, 0) is 12.5 Å². The summed E-state index contributed by atoms with van der Waals surface area (Å²) in [6, 6.07) is 5.75. The van der Waals surface area contributed by atoms with Crippen LogP contribution in [0, 0.1) is 5.92 Å². The molecule has 1 spiro atoms. The van der Waals surface area contributed by atoms with Gasteiger partial charge in [0, 0.05) is 63.2 Å². The van der Waals surface area contributed by atoms with E-state index in [9.17, 15) is 0 Å². The quantitative estimate of drug-likeness (QED) is 0.837. The smallest absolute Gasteiger partial charge is 0.213 e. The Bertz CT molecular complexity index is 652. The molecule has 0 saturated carbocycles. The molecule has 0 N–H and O–H groups in total. The van der Waals surface area contributed by atoms with Crippen LogP contribution >= 0.6 is 0 Å². The highest BCUT2D eigenvalue weighted by Gasteiger charge is 2.53. The maximum atomic E-state index is 6.09. The van der Waals surface area contributed by atoms with Crippen molar-refractivity contribution in [3.8, 4) is 5.88 Å². The van der Waals surface area contributed by atoms with Crippen LogP contribution < -0.4 is 4.74 Å². The van der Waals surface area contributed by atoms with E-state index in [-0.39, 0.29) is 5.60 Å². The van der Waals surface area contributed by atoms with Crippen molar-refractivity contribution in [2.75, 3.05) is 26.3 Å². The number of aryl methyl sites for hydroxylation is 1. The second kappa shape index (κ2) is 5.94. The van der Waals surface area contributed by atoms with E-state index in [1.807, 2.05) is 36.1 Å². The summed E-state index contributed by atoms with van der Waals surface area (Å²) in [6.07, 6.45) is 6.83. The first kappa shape index (κ1) is 14.7. The SMILES string of the molecule is Cn1cc(CN2CC3(C2)OCC[C@H]3COc2ccccn2)cn1. The predicted octanol–water partition coefficient (Wildman–Crippen LogP) is 1.48. The van der Waals surface area contributed by atoms with Crippen LogP contribution in [0.2, 0.25) is 0 Å². The Kier molecular flexibility index (Phi) is 3.79. The van der Waals surface area contributed by atoms with Gasteiger partial charge in [0.2, 0.25) is 5.88 Å². The van der Waals surface area contributed by atoms with Crippen molar-refractivity contribution in [2.45, 2.75) is 18.6 Å². The van der Waals surface area contributed by atoms with Gasteiger partial charge in [-0.15, -0.1) is 0 Å². The summed E-state index contributed by atoms with van der Waals surface area (Å²) in [5.41, 5.74) is 1.22. The predicted molar refractivity (Wildman–Crippen MR) is 85.0 cm³/mol. The number of aromatic nitrogens is 3. The average molecular weight is 314 g/mol. The van der Waals surface area contributed by atoms with Crippen LogP contribution in [0.5, 0.6) is 5.88 Å². The molecule has 2 fully saturated rings. The number of hydrogen-bond acceptors (Lipinski definition) is 5. The highest BCUT2D eigenvalue weighted by Crippen LogP contribution is 2.40. The van der Waals surface area contributed by atoms with Gasteiger partial charge in [0.05, 0.1) is 18.4 Å². The molecule has 0 aromatic carbocycles. The first-order valence-electron chi connectivity index (χ1n) is 8.11. The van der Waals surface area contributed by atoms with E-state index in [1.54, 1.807) is 6.20 Å². The van der Waals surface area contributed by atoms with Crippen molar-refractivity contribution >= 4 is 0 Å². The zero-order valence-electron chi connectivity index (χ0n) is 13.4. The van der Waals surface area contributed by atoms with Crippen LogP contribution in [0.25, 0.3) is 0 Å². The zero-order chi connectivity index (χ0) is 15.7. The van der Waals surface area contributed by atoms with E-state index in [2.05, 4.69) is 21.2 Å². The van der Waals surface area contributed by atoms with Gasteiger partial charge >= 0.3 is 0 Å². The van der Waals surface area contributed by atoms with Crippen LogP contribution in [0.1, 0.15) is 12.0 Å². The maximum absolute atomic E-state index is 6.09.